The van der Waals surface area contributed by atoms with Crippen LogP contribution in [0.15, 0.2) is 63.8 Å². The van der Waals surface area contributed by atoms with Gasteiger partial charge in [-0.1, -0.05) is 46.7 Å². The number of nitrogens with zero attached hydrogens (tertiary/aromatic N) is 4. The van der Waals surface area contributed by atoms with Gasteiger partial charge in [0.2, 0.25) is 4.96 Å². The molecule has 0 amide bonds. The van der Waals surface area contributed by atoms with Gasteiger partial charge in [0.25, 0.3) is 11.2 Å². The van der Waals surface area contributed by atoms with Crippen molar-refractivity contribution in [2.45, 2.75) is 0 Å². The van der Waals surface area contributed by atoms with Crippen LogP contribution in [0.3, 0.4) is 0 Å². The topological polar surface area (TPSA) is 104 Å². The monoisotopic (exact) mass is 484 g/mol. The van der Waals surface area contributed by atoms with Crippen molar-refractivity contribution in [1.82, 2.24) is 14.6 Å². The van der Waals surface area contributed by atoms with Crippen LogP contribution in [0.25, 0.3) is 33.7 Å². The largest absolute Gasteiger partial charge is 0.457 e. The number of nitro benzene ring substituents is 1. The number of non-ortho nitro benzene ring substituents is 1. The van der Waals surface area contributed by atoms with Crippen molar-refractivity contribution in [3.63, 3.8) is 0 Å². The molecule has 0 atom stereocenters. The van der Waals surface area contributed by atoms with Gasteiger partial charge in [0.15, 0.2) is 5.82 Å². The maximum Gasteiger partial charge on any atom is 0.291 e. The van der Waals surface area contributed by atoms with Crippen molar-refractivity contribution in [2.75, 3.05) is 0 Å². The first kappa shape index (κ1) is 20.4. The predicted molar refractivity (Wildman–Crippen MR) is 122 cm³/mol. The summed E-state index contributed by atoms with van der Waals surface area (Å²) < 4.78 is 7.36. The van der Waals surface area contributed by atoms with E-state index in [2.05, 4.69) is 10.1 Å². The molecule has 0 fully saturated rings. The van der Waals surface area contributed by atoms with Crippen LogP contribution in [-0.2, 0) is 0 Å². The van der Waals surface area contributed by atoms with Crippen molar-refractivity contribution in [3.05, 3.63) is 95.4 Å². The zero-order valence-corrected chi connectivity index (χ0v) is 18.2. The van der Waals surface area contributed by atoms with Crippen molar-refractivity contribution in [3.8, 4) is 22.7 Å². The molecule has 0 saturated carbocycles. The lowest BCUT2D eigenvalue weighted by atomic mass is 10.1. The Kier molecular flexibility index (Phi) is 5.01. The van der Waals surface area contributed by atoms with Crippen molar-refractivity contribution in [2.24, 2.45) is 0 Å². The van der Waals surface area contributed by atoms with E-state index in [1.165, 1.54) is 16.6 Å². The van der Waals surface area contributed by atoms with E-state index in [9.17, 15) is 14.9 Å². The van der Waals surface area contributed by atoms with E-state index in [-0.39, 0.29) is 11.2 Å². The van der Waals surface area contributed by atoms with E-state index in [0.717, 1.165) is 11.3 Å². The summed E-state index contributed by atoms with van der Waals surface area (Å²) in [5.41, 5.74) is 0.758. The van der Waals surface area contributed by atoms with E-state index in [4.69, 9.17) is 27.6 Å². The molecule has 0 saturated heterocycles. The van der Waals surface area contributed by atoms with Gasteiger partial charge in [0, 0.05) is 34.4 Å². The molecule has 0 aliphatic carbocycles. The third kappa shape index (κ3) is 3.66. The van der Waals surface area contributed by atoms with Gasteiger partial charge in [0.1, 0.15) is 16.1 Å². The zero-order chi connectivity index (χ0) is 22.4. The van der Waals surface area contributed by atoms with Crippen molar-refractivity contribution >= 4 is 51.3 Å². The molecule has 32 heavy (non-hydrogen) atoms. The molecule has 8 nitrogen and oxygen atoms in total. The van der Waals surface area contributed by atoms with E-state index in [0.29, 0.717) is 48.0 Å². The van der Waals surface area contributed by atoms with Gasteiger partial charge in [-0.15, -0.1) is 5.10 Å². The maximum atomic E-state index is 12.8. The number of thiazole rings is 1. The van der Waals surface area contributed by atoms with Gasteiger partial charge in [-0.25, -0.2) is 0 Å². The Morgan fingerprint density at radius 3 is 2.72 bits per heavy atom. The zero-order valence-electron chi connectivity index (χ0n) is 15.9. The average Bonchev–Trinajstić information content (AvgIpc) is 3.46. The van der Waals surface area contributed by atoms with Crippen LogP contribution in [0.4, 0.5) is 5.69 Å². The number of nitro groups is 1. The molecule has 0 aliphatic heterocycles. The molecule has 11 heteroatoms. The number of furan rings is 1. The quantitative estimate of drug-likeness (QED) is 0.267. The molecular formula is C21H10Cl2N4O4S. The Bertz CT molecular complexity index is 1620. The summed E-state index contributed by atoms with van der Waals surface area (Å²) in [7, 11) is 0. The summed E-state index contributed by atoms with van der Waals surface area (Å²) in [6, 6.07) is 14.4. The highest BCUT2D eigenvalue weighted by molar-refractivity contribution is 7.15. The molecule has 0 radical (unpaired) electrons. The van der Waals surface area contributed by atoms with Crippen LogP contribution in [0.2, 0.25) is 10.0 Å². The summed E-state index contributed by atoms with van der Waals surface area (Å²) in [5, 5.41) is 16.1. The summed E-state index contributed by atoms with van der Waals surface area (Å²) in [4.78, 5) is 28.1. The average molecular weight is 485 g/mol. The van der Waals surface area contributed by atoms with E-state index in [1.54, 1.807) is 48.5 Å². The second-order valence-electron chi connectivity index (χ2n) is 6.68. The maximum absolute atomic E-state index is 12.8. The summed E-state index contributed by atoms with van der Waals surface area (Å²) >= 11 is 13.3. The Hall–Kier alpha value is -3.53. The first-order chi connectivity index (χ1) is 15.4. The third-order valence-corrected chi connectivity index (χ3v) is 6.10. The van der Waals surface area contributed by atoms with Gasteiger partial charge < -0.3 is 4.42 Å². The fourth-order valence-electron chi connectivity index (χ4n) is 3.11. The molecule has 0 bridgehead atoms. The van der Waals surface area contributed by atoms with E-state index >= 15 is 0 Å². The molecule has 0 N–H and O–H groups in total. The van der Waals surface area contributed by atoms with Crippen molar-refractivity contribution in [1.29, 1.82) is 0 Å². The molecule has 5 rings (SSSR count). The highest BCUT2D eigenvalue weighted by Gasteiger charge is 2.15. The van der Waals surface area contributed by atoms with Crippen LogP contribution >= 0.6 is 34.5 Å². The molecule has 2 aromatic carbocycles. The molecule has 158 valence electrons. The van der Waals surface area contributed by atoms with Gasteiger partial charge in [0.05, 0.1) is 9.95 Å². The number of halogens is 2. The smallest absolute Gasteiger partial charge is 0.291 e. The summed E-state index contributed by atoms with van der Waals surface area (Å²) in [6.07, 6.45) is 1.58. The molecule has 0 unspecified atom stereocenters. The minimum Gasteiger partial charge on any atom is -0.457 e. The molecule has 3 heterocycles. The minimum absolute atomic E-state index is 0.0339. The lowest BCUT2D eigenvalue weighted by Crippen LogP contribution is -2.23. The molecule has 0 aliphatic rings. The number of hydrogen-bond acceptors (Lipinski definition) is 7. The standard InChI is InChI=1S/C21H10Cl2N4O4S/c22-12-4-6-15(16(23)9-12)19-24-21-26(25-19)20(28)18(32-21)10-14-5-7-17(31-14)11-2-1-3-13(8-11)27(29)30/h1-10H/b18-10-. The Balaban J connectivity index is 1.51. The predicted octanol–water partition coefficient (Wildman–Crippen LogP) is 4.84. The SMILES string of the molecule is O=c1/c(=C/c2ccc(-c3cccc([N+](=O)[O-])c3)o2)sc2nc(-c3ccc(Cl)cc3Cl)nn12. The fraction of sp³-hybridized carbons (Fsp3) is 0. The number of benzene rings is 2. The van der Waals surface area contributed by atoms with Crippen LogP contribution in [0, 0.1) is 10.1 Å². The highest BCUT2D eigenvalue weighted by Crippen LogP contribution is 2.29. The molecular weight excluding hydrogens is 475 g/mol. The van der Waals surface area contributed by atoms with Gasteiger partial charge in [-0.2, -0.15) is 9.50 Å². The Morgan fingerprint density at radius 1 is 1.12 bits per heavy atom. The van der Waals surface area contributed by atoms with Crippen LogP contribution in [0.5, 0.6) is 0 Å². The number of fused-ring (bicyclic) bond motifs is 1. The van der Waals surface area contributed by atoms with Crippen LogP contribution in [0.1, 0.15) is 5.76 Å². The van der Waals surface area contributed by atoms with Gasteiger partial charge in [-0.3, -0.25) is 14.9 Å². The second kappa shape index (κ2) is 7.86. The fourth-order valence-corrected chi connectivity index (χ4v) is 4.49. The van der Waals surface area contributed by atoms with Gasteiger partial charge in [-0.05, 0) is 30.3 Å². The first-order valence-electron chi connectivity index (χ1n) is 9.10. The number of aromatic nitrogens is 3. The van der Waals surface area contributed by atoms with E-state index in [1.807, 2.05) is 0 Å². The van der Waals surface area contributed by atoms with Crippen LogP contribution in [-0.4, -0.2) is 19.5 Å². The Labute approximate surface area is 193 Å². The first-order valence-corrected chi connectivity index (χ1v) is 10.7. The molecule has 0 spiro atoms. The normalized spacial score (nSPS) is 12.0. The molecule has 3 aromatic heterocycles. The van der Waals surface area contributed by atoms with Crippen molar-refractivity contribution < 1.29 is 9.34 Å². The Morgan fingerprint density at radius 2 is 1.97 bits per heavy atom. The second-order valence-corrected chi connectivity index (χ2v) is 8.53. The summed E-state index contributed by atoms with van der Waals surface area (Å²) in [6.45, 7) is 0. The van der Waals surface area contributed by atoms with E-state index < -0.39 is 4.92 Å². The van der Waals surface area contributed by atoms with Crippen LogP contribution < -0.4 is 10.1 Å². The number of hydrogen-bond donors (Lipinski definition) is 0. The third-order valence-electron chi connectivity index (χ3n) is 4.60. The lowest BCUT2D eigenvalue weighted by Gasteiger charge is -1.98. The lowest BCUT2D eigenvalue weighted by molar-refractivity contribution is -0.384. The highest BCUT2D eigenvalue weighted by atomic mass is 35.5. The van der Waals surface area contributed by atoms with Gasteiger partial charge >= 0.3 is 0 Å². The summed E-state index contributed by atoms with van der Waals surface area (Å²) in [5.74, 6) is 1.20. The molecule has 5 aromatic rings. The minimum atomic E-state index is -0.469. The number of rotatable bonds is 4.